The van der Waals surface area contributed by atoms with Gasteiger partial charge < -0.3 is 15.6 Å². The molecule has 4 nitrogen and oxygen atoms in total. The number of carbonyl (C=O) groups is 1. The van der Waals surface area contributed by atoms with E-state index < -0.39 is 12.0 Å². The molecule has 1 aliphatic rings. The van der Waals surface area contributed by atoms with Crippen LogP contribution < -0.4 is 10.8 Å². The van der Waals surface area contributed by atoms with Crippen LogP contribution in [0.1, 0.15) is 0 Å². The first-order chi connectivity index (χ1) is 4.20. The number of carbonyl (C=O) groups excluding carboxylic acids is 1. The van der Waals surface area contributed by atoms with Crippen molar-refractivity contribution in [3.8, 4) is 0 Å². The van der Waals surface area contributed by atoms with Gasteiger partial charge in [-0.15, -0.1) is 0 Å². The predicted octanol–water partition coefficient (Wildman–Crippen LogP) is -1.83. The number of nitrogens with zero attached hydrogens (tertiary/aromatic N) is 1. The van der Waals surface area contributed by atoms with Crippen molar-refractivity contribution in [2.24, 2.45) is 10.7 Å². The number of thioether (sulfide) groups is 1. The molecule has 0 saturated carbocycles. The lowest BCUT2D eigenvalue weighted by Gasteiger charge is -2.03. The smallest absolute Gasteiger partial charge is 0.154 e. The molecule has 2 N–H and O–H groups in total. The average Bonchev–Trinajstić information content (AvgIpc) is 2.14. The van der Waals surface area contributed by atoms with Crippen molar-refractivity contribution >= 4 is 22.9 Å². The number of hydrogen-bond acceptors (Lipinski definition) is 5. The molecule has 0 amide bonds. The van der Waals surface area contributed by atoms with E-state index in [2.05, 4.69) is 4.99 Å². The van der Waals surface area contributed by atoms with Crippen LogP contribution in [0.15, 0.2) is 4.99 Å². The van der Waals surface area contributed by atoms with E-state index in [0.717, 1.165) is 0 Å². The third kappa shape index (κ3) is 1.35. The topological polar surface area (TPSA) is 78.5 Å². The molecule has 9 heavy (non-hydrogen) atoms. The summed E-state index contributed by atoms with van der Waals surface area (Å²) in [6, 6.07) is -0.727. The Kier molecular flexibility index (Phi) is 1.61. The van der Waals surface area contributed by atoms with Crippen LogP contribution in [-0.2, 0) is 4.79 Å². The summed E-state index contributed by atoms with van der Waals surface area (Å²) in [4.78, 5) is 13.6. The number of rotatable bonds is 1. The molecule has 1 heterocycles. The molecule has 1 rings (SSSR count). The number of nitrogens with two attached hydrogens (primary N) is 1. The monoisotopic (exact) mass is 145 g/mol. The second-order valence-electron chi connectivity index (χ2n) is 1.61. The van der Waals surface area contributed by atoms with E-state index >= 15 is 0 Å². The first kappa shape index (κ1) is 6.41. The van der Waals surface area contributed by atoms with Gasteiger partial charge in [0.15, 0.2) is 5.17 Å². The number of amidine groups is 1. The number of carboxylic acid groups (broad SMARTS) is 1. The Labute approximate surface area is 56.1 Å². The molecule has 0 aromatic rings. The summed E-state index contributed by atoms with van der Waals surface area (Å²) < 4.78 is 0. The van der Waals surface area contributed by atoms with Crippen molar-refractivity contribution < 1.29 is 9.90 Å². The van der Waals surface area contributed by atoms with Crippen LogP contribution in [0.2, 0.25) is 0 Å². The number of aliphatic carboxylic acids is 1. The van der Waals surface area contributed by atoms with Crippen molar-refractivity contribution in [2.75, 3.05) is 5.75 Å². The molecule has 1 atom stereocenters. The normalized spacial score (nSPS) is 25.8. The largest absolute Gasteiger partial charge is 0.548 e. The Balaban J connectivity index is 2.57. The first-order valence-electron chi connectivity index (χ1n) is 2.37. The molecule has 50 valence electrons. The van der Waals surface area contributed by atoms with Crippen molar-refractivity contribution in [3.63, 3.8) is 0 Å². The zero-order chi connectivity index (χ0) is 6.85. The van der Waals surface area contributed by atoms with Crippen molar-refractivity contribution in [2.45, 2.75) is 6.04 Å². The van der Waals surface area contributed by atoms with E-state index in [1.165, 1.54) is 11.8 Å². The Hall–Kier alpha value is -0.710. The van der Waals surface area contributed by atoms with Crippen molar-refractivity contribution in [3.05, 3.63) is 0 Å². The van der Waals surface area contributed by atoms with Crippen LogP contribution in [0.5, 0.6) is 0 Å². The summed E-state index contributed by atoms with van der Waals surface area (Å²) in [7, 11) is 0. The highest BCUT2D eigenvalue weighted by Crippen LogP contribution is 2.13. The Morgan fingerprint density at radius 3 is 2.89 bits per heavy atom. The van der Waals surface area contributed by atoms with Gasteiger partial charge in [-0.2, -0.15) is 0 Å². The maximum atomic E-state index is 10.1. The fourth-order valence-electron chi connectivity index (χ4n) is 0.513. The Bertz CT molecular complexity index is 168. The lowest BCUT2D eigenvalue weighted by Crippen LogP contribution is -2.34. The van der Waals surface area contributed by atoms with Crippen LogP contribution >= 0.6 is 11.8 Å². The number of carboxylic acids is 1. The molecular weight excluding hydrogens is 140 g/mol. The minimum Gasteiger partial charge on any atom is -0.548 e. The maximum Gasteiger partial charge on any atom is 0.154 e. The van der Waals surface area contributed by atoms with Crippen molar-refractivity contribution in [1.29, 1.82) is 0 Å². The molecular formula is C4H5N2O2S-. The second-order valence-corrected chi connectivity index (χ2v) is 2.65. The first-order valence-corrected chi connectivity index (χ1v) is 3.35. The van der Waals surface area contributed by atoms with Crippen molar-refractivity contribution in [1.82, 2.24) is 0 Å². The standard InChI is InChI=1S/C4H6N2O2S/c5-4-6-2(1-9-4)3(7)8/h2H,1H2,(H2,5,6)(H,7,8)/p-1/t2-/m1/s1. The molecule has 0 bridgehead atoms. The summed E-state index contributed by atoms with van der Waals surface area (Å²) in [6.07, 6.45) is 0. The van der Waals surface area contributed by atoms with Gasteiger partial charge in [0, 0.05) is 5.75 Å². The lowest BCUT2D eigenvalue weighted by atomic mass is 10.4. The van der Waals surface area contributed by atoms with Gasteiger partial charge in [0.1, 0.15) is 6.04 Å². The van der Waals surface area contributed by atoms with Crippen LogP contribution in [0.4, 0.5) is 0 Å². The highest BCUT2D eigenvalue weighted by Gasteiger charge is 2.15. The van der Waals surface area contributed by atoms with Crippen LogP contribution in [0, 0.1) is 0 Å². The third-order valence-corrected chi connectivity index (χ3v) is 1.83. The molecule has 1 aliphatic heterocycles. The van der Waals surface area contributed by atoms with Gasteiger partial charge in [0.05, 0.1) is 5.97 Å². The summed E-state index contributed by atoms with van der Waals surface area (Å²) in [5.41, 5.74) is 5.18. The summed E-state index contributed by atoms with van der Waals surface area (Å²) in [5.74, 6) is -0.739. The van der Waals surface area contributed by atoms with Crippen LogP contribution in [0.3, 0.4) is 0 Å². The van der Waals surface area contributed by atoms with E-state index in [1.807, 2.05) is 0 Å². The van der Waals surface area contributed by atoms with E-state index in [0.29, 0.717) is 10.9 Å². The minimum atomic E-state index is -1.15. The van der Waals surface area contributed by atoms with E-state index in [4.69, 9.17) is 5.73 Å². The summed E-state index contributed by atoms with van der Waals surface area (Å²) >= 11 is 1.24. The van der Waals surface area contributed by atoms with Crippen LogP contribution in [0.25, 0.3) is 0 Å². The van der Waals surface area contributed by atoms with Gasteiger partial charge >= 0.3 is 0 Å². The number of aliphatic imine (C=N–C) groups is 1. The highest BCUT2D eigenvalue weighted by atomic mass is 32.2. The van der Waals surface area contributed by atoms with Gasteiger partial charge in [0.2, 0.25) is 0 Å². The average molecular weight is 145 g/mol. The molecule has 0 radical (unpaired) electrons. The van der Waals surface area contributed by atoms with E-state index in [-0.39, 0.29) is 0 Å². The van der Waals surface area contributed by atoms with E-state index in [1.54, 1.807) is 0 Å². The molecule has 5 heteroatoms. The molecule has 0 saturated heterocycles. The second kappa shape index (κ2) is 2.26. The summed E-state index contributed by atoms with van der Waals surface area (Å²) in [6.45, 7) is 0. The van der Waals surface area contributed by atoms with Gasteiger partial charge in [-0.3, -0.25) is 4.99 Å². The molecule has 0 aliphatic carbocycles. The highest BCUT2D eigenvalue weighted by molar-refractivity contribution is 8.14. The Morgan fingerprint density at radius 1 is 2.00 bits per heavy atom. The van der Waals surface area contributed by atoms with Gasteiger partial charge in [-0.1, -0.05) is 11.8 Å². The lowest BCUT2D eigenvalue weighted by molar-refractivity contribution is -0.306. The molecule has 0 aromatic carbocycles. The molecule has 0 aromatic heterocycles. The van der Waals surface area contributed by atoms with E-state index in [9.17, 15) is 9.90 Å². The fraction of sp³-hybridized carbons (Fsp3) is 0.500. The predicted molar refractivity (Wildman–Crippen MR) is 32.9 cm³/mol. The molecule has 0 fully saturated rings. The molecule has 0 unspecified atom stereocenters. The summed E-state index contributed by atoms with van der Waals surface area (Å²) in [5, 5.41) is 10.4. The van der Waals surface area contributed by atoms with Gasteiger partial charge in [-0.05, 0) is 0 Å². The zero-order valence-corrected chi connectivity index (χ0v) is 5.35. The third-order valence-electron chi connectivity index (χ3n) is 0.944. The maximum absolute atomic E-state index is 10.1. The minimum absolute atomic E-state index is 0.337. The number of hydrogen-bond donors (Lipinski definition) is 1. The SMILES string of the molecule is NC1=N[C@@H](C(=O)[O-])CS1. The zero-order valence-electron chi connectivity index (χ0n) is 4.53. The quantitative estimate of drug-likeness (QED) is 0.470. The van der Waals surface area contributed by atoms with Gasteiger partial charge in [-0.25, -0.2) is 0 Å². The van der Waals surface area contributed by atoms with Gasteiger partial charge in [0.25, 0.3) is 0 Å². The fourth-order valence-corrected chi connectivity index (χ4v) is 1.25. The Morgan fingerprint density at radius 2 is 2.67 bits per heavy atom. The van der Waals surface area contributed by atoms with Crippen LogP contribution in [-0.4, -0.2) is 22.9 Å². The molecule has 0 spiro atoms.